The maximum atomic E-state index is 13.7. The van der Waals surface area contributed by atoms with Gasteiger partial charge in [0.25, 0.3) is 40.1 Å². The molecular formula is C18H26Cl8N12O8S4. The average molecular weight is 950 g/mol. The van der Waals surface area contributed by atoms with Crippen LogP contribution < -0.4 is 0 Å². The molecule has 286 valence electrons. The first kappa shape index (κ1) is 49.4. The van der Waals surface area contributed by atoms with Gasteiger partial charge in [-0.1, -0.05) is 152 Å². The Bertz CT molecular complexity index is 1760. The van der Waals surface area contributed by atoms with Crippen molar-refractivity contribution in [2.24, 2.45) is 18.1 Å². The normalized spacial score (nSPS) is 16.3. The van der Waals surface area contributed by atoms with Crippen molar-refractivity contribution in [1.82, 2.24) is 0 Å². The van der Waals surface area contributed by atoms with Crippen molar-refractivity contribution < 1.29 is 33.7 Å². The first-order valence-electron chi connectivity index (χ1n) is 13.4. The Kier molecular flexibility index (Phi) is 18.9. The fourth-order valence-electron chi connectivity index (χ4n) is 4.42. The molecular weight excluding hydrogens is 924 g/mol. The minimum Gasteiger partial charge on any atom is -0.219 e. The van der Waals surface area contributed by atoms with E-state index >= 15 is 0 Å². The van der Waals surface area contributed by atoms with Gasteiger partial charge in [-0.25, -0.2) is 33.7 Å². The van der Waals surface area contributed by atoms with E-state index in [9.17, 15) is 33.7 Å². The highest BCUT2D eigenvalue weighted by atomic mass is 35.5. The van der Waals surface area contributed by atoms with Crippen molar-refractivity contribution in [2.45, 2.75) is 104 Å². The monoisotopic (exact) mass is 946 g/mol. The Morgan fingerprint density at radius 1 is 0.520 bits per heavy atom. The molecule has 2 atom stereocenters. The zero-order valence-corrected chi connectivity index (χ0v) is 34.5. The van der Waals surface area contributed by atoms with Gasteiger partial charge in [0.1, 0.15) is 0 Å². The van der Waals surface area contributed by atoms with E-state index in [2.05, 4.69) is 11.4 Å². The number of hydrogen-bond donors (Lipinski definition) is 0. The number of alkyl halides is 8. The number of unbranched alkanes of at least 4 members (excludes halogenated alkanes) is 9. The van der Waals surface area contributed by atoms with E-state index in [1.165, 1.54) is 0 Å². The first-order chi connectivity index (χ1) is 22.7. The second kappa shape index (κ2) is 19.1. The van der Waals surface area contributed by atoms with Crippen molar-refractivity contribution in [2.75, 3.05) is 0 Å². The molecule has 32 heteroatoms. The Morgan fingerprint density at radius 2 is 0.820 bits per heavy atom. The first-order valence-corrected chi connectivity index (χ1v) is 22.3. The van der Waals surface area contributed by atoms with Crippen LogP contribution in [0.5, 0.6) is 0 Å². The molecule has 0 fully saturated rings. The van der Waals surface area contributed by atoms with E-state index in [1.807, 2.05) is 18.5 Å². The van der Waals surface area contributed by atoms with Crippen LogP contribution in [0.1, 0.15) is 77.6 Å². The molecule has 0 aliphatic carbocycles. The molecule has 20 nitrogen and oxygen atoms in total. The number of rotatable bonds is 24. The maximum absolute atomic E-state index is 13.7. The molecule has 0 rings (SSSR count). The van der Waals surface area contributed by atoms with Gasteiger partial charge in [-0.3, -0.25) is 0 Å². The molecule has 0 N–H and O–H groups in total. The summed E-state index contributed by atoms with van der Waals surface area (Å²) in [6.07, 6.45) is 8.34. The molecule has 0 spiro atoms. The topological polar surface area (TPSA) is 332 Å². The largest absolute Gasteiger partial charge is 0.330 e. The van der Waals surface area contributed by atoms with E-state index in [-0.39, 0.29) is 12.8 Å². The molecule has 0 saturated carbocycles. The third kappa shape index (κ3) is 9.17. The summed E-state index contributed by atoms with van der Waals surface area (Å²) < 4.78 is 93.5. The second-order valence-electron chi connectivity index (χ2n) is 9.95. The molecule has 0 aliphatic rings. The molecule has 50 heavy (non-hydrogen) atoms. The van der Waals surface area contributed by atoms with E-state index in [4.69, 9.17) is 115 Å². The number of sulfonamides is 4. The summed E-state index contributed by atoms with van der Waals surface area (Å²) in [5, 5.41) is -1.81. The number of nitrogens with zero attached hydrogens (tertiary/aromatic N) is 12. The number of azide groups is 4. The van der Waals surface area contributed by atoms with Gasteiger partial charge in [-0.05, 0) is 28.5 Å². The van der Waals surface area contributed by atoms with E-state index in [1.54, 1.807) is 14.7 Å². The van der Waals surface area contributed by atoms with Crippen LogP contribution >= 0.6 is 92.8 Å². The number of hydrogen-bond acceptors (Lipinski definition) is 8. The van der Waals surface area contributed by atoms with E-state index in [0.717, 1.165) is 44.9 Å². The predicted molar refractivity (Wildman–Crippen MR) is 193 cm³/mol. The quantitative estimate of drug-likeness (QED) is 0.0294. The molecule has 0 bridgehead atoms. The zero-order valence-electron chi connectivity index (χ0n) is 25.1. The van der Waals surface area contributed by atoms with Crippen molar-refractivity contribution in [1.29, 1.82) is 0 Å². The van der Waals surface area contributed by atoms with Gasteiger partial charge in [-0.15, -0.1) is 11.6 Å². The molecule has 0 heterocycles. The predicted octanol–water partition coefficient (Wildman–Crippen LogP) is 9.58. The summed E-state index contributed by atoms with van der Waals surface area (Å²) in [6, 6.07) is 0. The summed E-state index contributed by atoms with van der Waals surface area (Å²) in [4.78, 5) is 6.97. The lowest BCUT2D eigenvalue weighted by Crippen LogP contribution is -2.77. The van der Waals surface area contributed by atoms with E-state index < -0.39 is 66.1 Å². The summed E-state index contributed by atoms with van der Waals surface area (Å²) in [6.45, 7) is 2.09. The summed E-state index contributed by atoms with van der Waals surface area (Å²) >= 11 is 50.3. The van der Waals surface area contributed by atoms with Crippen molar-refractivity contribution in [3.05, 3.63) is 41.8 Å². The van der Waals surface area contributed by atoms with Crippen LogP contribution in [0.4, 0.5) is 0 Å². The van der Waals surface area contributed by atoms with Gasteiger partial charge in [0.05, 0.1) is 5.38 Å². The fraction of sp³-hybridized carbons (Fsp3) is 1.00. The smallest absolute Gasteiger partial charge is 0.219 e. The van der Waals surface area contributed by atoms with Crippen LogP contribution in [0.25, 0.3) is 41.8 Å². The lowest BCUT2D eigenvalue weighted by molar-refractivity contribution is 0.452. The molecule has 0 radical (unpaired) electrons. The molecule has 0 saturated heterocycles. The molecule has 2 unspecified atom stereocenters. The van der Waals surface area contributed by atoms with E-state index in [0.29, 0.717) is 12.8 Å². The summed E-state index contributed by atoms with van der Waals surface area (Å²) in [7, 11) is -28.5. The highest BCUT2D eigenvalue weighted by molar-refractivity contribution is 8.26. The van der Waals surface area contributed by atoms with Crippen LogP contribution in [0.2, 0.25) is 0 Å². The van der Waals surface area contributed by atoms with Gasteiger partial charge >= 0.3 is 3.41 Å². The fourth-order valence-corrected chi connectivity index (χ4v) is 17.7. The summed E-state index contributed by atoms with van der Waals surface area (Å²) in [5.41, 5.74) is 35.7. The maximum Gasteiger partial charge on any atom is 0.330 e. The molecule has 0 amide bonds. The standard InChI is InChI=1S/C18H26Cl8N12O8S4/c1-2-3-4-5-6-7-8-9-10-11-12-13(19)14(20,21)15(22,23)16(24,25)17(26,47(39,40)35-31-27)18(48(41,42)36-32-28,49(43,44)37-33-29)50(45,46)38-34-30/h13H,2-12H2,1H3. The third-order valence-electron chi connectivity index (χ3n) is 6.77. The van der Waals surface area contributed by atoms with Gasteiger partial charge in [0.15, 0.2) is 13.0 Å². The summed E-state index contributed by atoms with van der Waals surface area (Å²) in [5.74, 6) is 0. The second-order valence-corrected chi connectivity index (χ2v) is 23.0. The van der Waals surface area contributed by atoms with Crippen molar-refractivity contribution in [3.8, 4) is 0 Å². The lowest BCUT2D eigenvalue weighted by Gasteiger charge is -2.51. The molecule has 0 aromatic carbocycles. The molecule has 0 aromatic heterocycles. The minimum atomic E-state index is -7.19. The minimum absolute atomic E-state index is 0.210. The van der Waals surface area contributed by atoms with Crippen LogP contribution in [0.15, 0.2) is 18.1 Å². The Morgan fingerprint density at radius 3 is 1.14 bits per heavy atom. The number of halogens is 8. The van der Waals surface area contributed by atoms with Crippen LogP contribution in [0, 0.1) is 0 Å². The Hall–Kier alpha value is -0.640. The van der Waals surface area contributed by atoms with Crippen molar-refractivity contribution in [3.63, 3.8) is 0 Å². The van der Waals surface area contributed by atoms with Crippen LogP contribution in [-0.2, 0) is 40.1 Å². The highest BCUT2D eigenvalue weighted by Gasteiger charge is 2.90. The molecule has 0 aromatic rings. The lowest BCUT2D eigenvalue weighted by atomic mass is 10.0. The average Bonchev–Trinajstić information content (AvgIpc) is 2.97. The third-order valence-corrected chi connectivity index (χ3v) is 23.2. The van der Waals surface area contributed by atoms with Crippen molar-refractivity contribution >= 4 is 133 Å². The zero-order chi connectivity index (χ0) is 39.5. The van der Waals surface area contributed by atoms with Crippen LogP contribution in [-0.4, -0.2) is 59.7 Å². The highest BCUT2D eigenvalue weighted by Crippen LogP contribution is 2.68. The SMILES string of the molecule is CCCCCCCCCCCCC(Cl)C(Cl)(Cl)C(Cl)(Cl)C(Cl)(Cl)C(Cl)(C(S(=O)(=O)N=[N+]=[N-])(S(=O)(=O)N=[N+]=[N-])S(=O)(=O)N=[N+]=[N-])S(=O)(=O)N=[N+]=[N-]. The van der Waals surface area contributed by atoms with Gasteiger partial charge in [0.2, 0.25) is 4.21 Å². The van der Waals surface area contributed by atoms with Crippen LogP contribution in [0.3, 0.4) is 0 Å². The van der Waals surface area contributed by atoms with Gasteiger partial charge in [-0.2, -0.15) is 0 Å². The van der Waals surface area contributed by atoms with Gasteiger partial charge < -0.3 is 0 Å². The van der Waals surface area contributed by atoms with Gasteiger partial charge in [0, 0.05) is 37.7 Å². The Labute approximate surface area is 327 Å². The Balaban J connectivity index is 7.82. The molecule has 0 aliphatic heterocycles.